The first-order chi connectivity index (χ1) is 17.6. The molecule has 0 unspecified atom stereocenters. The van der Waals surface area contributed by atoms with E-state index in [1.54, 1.807) is 0 Å². The van der Waals surface area contributed by atoms with Crippen molar-refractivity contribution in [3.05, 3.63) is 77.4 Å². The molecule has 0 atom stereocenters. The van der Waals surface area contributed by atoms with Gasteiger partial charge in [0.2, 0.25) is 0 Å². The average Bonchev–Trinajstić information content (AvgIpc) is 2.77. The van der Waals surface area contributed by atoms with Gasteiger partial charge in [-0.15, -0.1) is 0 Å². The Morgan fingerprint density at radius 2 is 1.15 bits per heavy atom. The van der Waals surface area contributed by atoms with Gasteiger partial charge in [-0.05, 0) is 48.5 Å². The van der Waals surface area contributed by atoms with Crippen LogP contribution in [0.1, 0.15) is 16.7 Å². The van der Waals surface area contributed by atoms with E-state index in [4.69, 9.17) is 4.74 Å². The number of benzene rings is 3. The van der Waals surface area contributed by atoms with Gasteiger partial charge >= 0.3 is 18.5 Å². The van der Waals surface area contributed by atoms with Crippen molar-refractivity contribution < 1.29 is 61.1 Å². The van der Waals surface area contributed by atoms with E-state index in [0.29, 0.717) is 12.1 Å². The number of rotatable bonds is 6. The lowest BCUT2D eigenvalue weighted by molar-refractivity contribution is -0.143. The van der Waals surface area contributed by atoms with Gasteiger partial charge in [0, 0.05) is 6.26 Å². The minimum Gasteiger partial charge on any atom is -0.454 e. The second kappa shape index (κ2) is 9.93. The van der Waals surface area contributed by atoms with Gasteiger partial charge in [0.05, 0.1) is 27.3 Å². The predicted molar refractivity (Wildman–Crippen MR) is 118 cm³/mol. The fourth-order valence-corrected chi connectivity index (χ4v) is 5.05. The number of ether oxygens (including phenoxy) is 1. The maximum absolute atomic E-state index is 13.3. The first-order valence-electron chi connectivity index (χ1n) is 10.1. The van der Waals surface area contributed by atoms with Crippen molar-refractivity contribution in [1.29, 1.82) is 0 Å². The molecule has 0 saturated carbocycles. The zero-order valence-electron chi connectivity index (χ0n) is 19.0. The number of para-hydroxylation sites is 1. The Hall–Kier alpha value is -3.47. The molecule has 0 heterocycles. The van der Waals surface area contributed by atoms with Crippen LogP contribution >= 0.6 is 0 Å². The van der Waals surface area contributed by atoms with Gasteiger partial charge in [0.1, 0.15) is 10.6 Å². The molecule has 1 N–H and O–H groups in total. The molecule has 0 fully saturated rings. The Kier molecular flexibility index (Phi) is 7.66. The Morgan fingerprint density at radius 3 is 1.64 bits per heavy atom. The van der Waals surface area contributed by atoms with Crippen LogP contribution in [0.15, 0.2) is 70.5 Å². The van der Waals surface area contributed by atoms with Crippen molar-refractivity contribution in [2.24, 2.45) is 0 Å². The van der Waals surface area contributed by atoms with Gasteiger partial charge in [-0.1, -0.05) is 12.1 Å². The van der Waals surface area contributed by atoms with Gasteiger partial charge in [0.15, 0.2) is 15.6 Å². The molecule has 3 rings (SSSR count). The summed E-state index contributed by atoms with van der Waals surface area (Å²) in [5, 5.41) is 0. The summed E-state index contributed by atoms with van der Waals surface area (Å²) < 4.78 is 176. The monoisotopic (exact) mass is 607 g/mol. The largest absolute Gasteiger partial charge is 0.454 e. The van der Waals surface area contributed by atoms with Crippen molar-refractivity contribution in [2.45, 2.75) is 28.3 Å². The van der Waals surface area contributed by atoms with Crippen molar-refractivity contribution in [2.75, 3.05) is 11.0 Å². The Labute approximate surface area is 215 Å². The molecule has 39 heavy (non-hydrogen) atoms. The second-order valence-electron chi connectivity index (χ2n) is 7.88. The topological polar surface area (TPSA) is 89.5 Å². The number of sulfone groups is 1. The van der Waals surface area contributed by atoms with Crippen molar-refractivity contribution in [3.63, 3.8) is 0 Å². The average molecular weight is 607 g/mol. The zero-order valence-corrected chi connectivity index (χ0v) is 20.7. The summed E-state index contributed by atoms with van der Waals surface area (Å²) >= 11 is 0. The lowest BCUT2D eigenvalue weighted by Gasteiger charge is -2.18. The summed E-state index contributed by atoms with van der Waals surface area (Å²) in [6.45, 7) is 0. The highest BCUT2D eigenvalue weighted by Gasteiger charge is 2.39. The van der Waals surface area contributed by atoms with Gasteiger partial charge in [-0.3, -0.25) is 4.72 Å². The first-order valence-corrected chi connectivity index (χ1v) is 13.5. The fourth-order valence-electron chi connectivity index (χ4n) is 3.12. The Balaban J connectivity index is 2.19. The molecule has 0 aliphatic carbocycles. The normalized spacial score (nSPS) is 13.3. The maximum Gasteiger partial charge on any atom is 0.416 e. The predicted octanol–water partition coefficient (Wildman–Crippen LogP) is 6.74. The number of sulfonamides is 1. The molecule has 6 nitrogen and oxygen atoms in total. The summed E-state index contributed by atoms with van der Waals surface area (Å²) in [5.74, 6) is -1.20. The van der Waals surface area contributed by atoms with Gasteiger partial charge in [-0.2, -0.15) is 39.5 Å². The third-order valence-corrected chi connectivity index (χ3v) is 7.37. The molecule has 0 spiro atoms. The molecule has 17 heteroatoms. The number of anilines is 1. The van der Waals surface area contributed by atoms with E-state index in [1.165, 1.54) is 16.9 Å². The molecule has 0 bridgehead atoms. The van der Waals surface area contributed by atoms with Gasteiger partial charge in [0.25, 0.3) is 10.0 Å². The van der Waals surface area contributed by atoms with E-state index in [0.717, 1.165) is 18.4 Å². The summed E-state index contributed by atoms with van der Waals surface area (Å²) in [6.07, 6.45) is -15.1. The van der Waals surface area contributed by atoms with E-state index in [1.807, 2.05) is 0 Å². The Bertz CT molecular complexity index is 1580. The van der Waals surface area contributed by atoms with E-state index in [2.05, 4.69) is 0 Å². The van der Waals surface area contributed by atoms with Crippen LogP contribution in [0.5, 0.6) is 11.5 Å². The minimum absolute atomic E-state index is 0.134. The van der Waals surface area contributed by atoms with E-state index < -0.39 is 82.1 Å². The van der Waals surface area contributed by atoms with Crippen LogP contribution in [-0.4, -0.2) is 23.1 Å². The van der Waals surface area contributed by atoms with Gasteiger partial charge < -0.3 is 4.74 Å². The zero-order chi connectivity index (χ0) is 29.6. The number of halogens is 9. The molecule has 0 aliphatic rings. The molecule has 0 aromatic heterocycles. The number of nitrogens with one attached hydrogen (secondary N) is 1. The third-order valence-electron chi connectivity index (χ3n) is 4.89. The lowest BCUT2D eigenvalue weighted by Crippen LogP contribution is -2.18. The summed E-state index contributed by atoms with van der Waals surface area (Å²) in [5.41, 5.74) is -6.50. The third kappa shape index (κ3) is 7.14. The molecule has 0 saturated heterocycles. The molecule has 0 amide bonds. The Morgan fingerprint density at radius 1 is 0.641 bits per heavy atom. The maximum atomic E-state index is 13.3. The standard InChI is InChI=1S/C22H14F9NO5S2/c1-38(33,34)19-5-3-2-4-18(19)37-17-7-6-12(20(23,24)25)11-16(17)32-39(35,36)15-9-13(21(26,27)28)8-14(10-15)22(29,30)31/h2-11,32H,1H3. The summed E-state index contributed by atoms with van der Waals surface area (Å²) in [4.78, 5) is -2.02. The molecule has 212 valence electrons. The van der Waals surface area contributed by atoms with Crippen molar-refractivity contribution in [1.82, 2.24) is 0 Å². The van der Waals surface area contributed by atoms with Gasteiger partial charge in [-0.25, -0.2) is 16.8 Å². The molecular weight excluding hydrogens is 593 g/mol. The number of hydrogen-bond acceptors (Lipinski definition) is 5. The molecule has 3 aromatic carbocycles. The van der Waals surface area contributed by atoms with Crippen LogP contribution in [0.25, 0.3) is 0 Å². The lowest BCUT2D eigenvalue weighted by atomic mass is 10.1. The molecule has 3 aromatic rings. The molecular formula is C22H14F9NO5S2. The van der Waals surface area contributed by atoms with Crippen LogP contribution in [0.4, 0.5) is 45.2 Å². The minimum atomic E-state index is -5.41. The van der Waals surface area contributed by atoms with E-state index in [9.17, 15) is 56.3 Å². The number of hydrogen-bond donors (Lipinski definition) is 1. The molecule has 0 radical (unpaired) electrons. The van der Waals surface area contributed by atoms with Crippen LogP contribution < -0.4 is 9.46 Å². The molecule has 0 aliphatic heterocycles. The van der Waals surface area contributed by atoms with E-state index in [-0.39, 0.29) is 24.3 Å². The first kappa shape index (κ1) is 30.1. The SMILES string of the molecule is CS(=O)(=O)c1ccccc1Oc1ccc(C(F)(F)F)cc1NS(=O)(=O)c1cc(C(F)(F)F)cc(C(F)(F)F)c1. The van der Waals surface area contributed by atoms with Crippen LogP contribution in [-0.2, 0) is 38.4 Å². The van der Waals surface area contributed by atoms with E-state index >= 15 is 0 Å². The summed E-state index contributed by atoms with van der Waals surface area (Å²) in [7, 11) is -9.38. The van der Waals surface area contributed by atoms with Crippen LogP contribution in [0.2, 0.25) is 0 Å². The van der Waals surface area contributed by atoms with Crippen molar-refractivity contribution >= 4 is 25.5 Å². The highest BCUT2D eigenvalue weighted by atomic mass is 32.2. The quantitative estimate of drug-likeness (QED) is 0.314. The highest BCUT2D eigenvalue weighted by molar-refractivity contribution is 7.92. The highest BCUT2D eigenvalue weighted by Crippen LogP contribution is 2.41. The fraction of sp³-hybridized carbons (Fsp3) is 0.182. The van der Waals surface area contributed by atoms with Crippen LogP contribution in [0, 0.1) is 0 Å². The number of alkyl halides is 9. The second-order valence-corrected chi connectivity index (χ2v) is 11.5. The smallest absolute Gasteiger partial charge is 0.416 e. The van der Waals surface area contributed by atoms with Crippen LogP contribution in [0.3, 0.4) is 0 Å². The summed E-state index contributed by atoms with van der Waals surface area (Å²) in [6, 6.07) is 5.30. The van der Waals surface area contributed by atoms with Crippen molar-refractivity contribution in [3.8, 4) is 11.5 Å².